The Morgan fingerprint density at radius 3 is 2.50 bits per heavy atom. The van der Waals surface area contributed by atoms with Crippen LogP contribution in [0, 0.1) is 0 Å². The molecule has 0 aliphatic heterocycles. The number of rotatable bonds is 7. The molecule has 0 aromatic rings. The minimum atomic E-state index is -0.919. The van der Waals surface area contributed by atoms with Gasteiger partial charge in [0.25, 0.3) is 0 Å². The van der Waals surface area contributed by atoms with Crippen LogP contribution in [0.5, 0.6) is 0 Å². The van der Waals surface area contributed by atoms with E-state index in [9.17, 15) is 9.59 Å². The van der Waals surface area contributed by atoms with E-state index in [0.29, 0.717) is 13.0 Å². The molecule has 0 aromatic carbocycles. The van der Waals surface area contributed by atoms with Crippen molar-refractivity contribution in [3.8, 4) is 0 Å². The molecule has 16 heavy (non-hydrogen) atoms. The summed E-state index contributed by atoms with van der Waals surface area (Å²) in [6, 6.07) is -0.702. The van der Waals surface area contributed by atoms with Crippen LogP contribution >= 0.6 is 0 Å². The minimum absolute atomic E-state index is 0.0645. The molecular weight excluding hydrogens is 212 g/mol. The Bertz CT molecular complexity index is 233. The summed E-state index contributed by atoms with van der Waals surface area (Å²) in [6.07, 6.45) is 0.453. The van der Waals surface area contributed by atoms with Crippen molar-refractivity contribution in [2.75, 3.05) is 13.7 Å². The predicted molar refractivity (Wildman–Crippen MR) is 59.3 cm³/mol. The second-order valence-corrected chi connectivity index (χ2v) is 3.60. The molecule has 6 heteroatoms. The molecule has 2 atom stereocenters. The Morgan fingerprint density at radius 1 is 1.44 bits per heavy atom. The average Bonchev–Trinajstić information content (AvgIpc) is 2.24. The van der Waals surface area contributed by atoms with Gasteiger partial charge in [-0.25, -0.2) is 4.79 Å². The molecule has 0 radical (unpaired) electrons. The number of carbonyl (C=O) groups is 2. The van der Waals surface area contributed by atoms with Crippen LogP contribution in [0.3, 0.4) is 0 Å². The number of carboxylic acids is 1. The zero-order valence-electron chi connectivity index (χ0n) is 9.95. The third-order valence-electron chi connectivity index (χ3n) is 2.20. The van der Waals surface area contributed by atoms with Gasteiger partial charge in [0.1, 0.15) is 0 Å². The Hall–Kier alpha value is -1.30. The quantitative estimate of drug-likeness (QED) is 0.599. The predicted octanol–water partition coefficient (Wildman–Crippen LogP) is 0.574. The first-order valence-corrected chi connectivity index (χ1v) is 5.28. The largest absolute Gasteiger partial charge is 0.481 e. The summed E-state index contributed by atoms with van der Waals surface area (Å²) in [5.41, 5.74) is 0. The molecule has 3 N–H and O–H groups in total. The highest BCUT2D eigenvalue weighted by Crippen LogP contribution is 1.97. The number of ether oxygens (including phenoxy) is 1. The van der Waals surface area contributed by atoms with Crippen molar-refractivity contribution in [2.24, 2.45) is 0 Å². The lowest BCUT2D eigenvalue weighted by Gasteiger charge is -2.16. The Kier molecular flexibility index (Phi) is 7.28. The van der Waals surface area contributed by atoms with Crippen LogP contribution in [0.25, 0.3) is 0 Å². The van der Waals surface area contributed by atoms with Gasteiger partial charge in [-0.1, -0.05) is 6.92 Å². The van der Waals surface area contributed by atoms with Crippen molar-refractivity contribution in [3.63, 3.8) is 0 Å². The fourth-order valence-electron chi connectivity index (χ4n) is 1.06. The van der Waals surface area contributed by atoms with Crippen molar-refractivity contribution in [2.45, 2.75) is 38.8 Å². The molecule has 6 nitrogen and oxygen atoms in total. The van der Waals surface area contributed by atoms with Gasteiger partial charge < -0.3 is 20.5 Å². The molecule has 0 saturated heterocycles. The fraction of sp³-hybridized carbons (Fsp3) is 0.800. The summed E-state index contributed by atoms with van der Waals surface area (Å²) in [6.45, 7) is 4.05. The summed E-state index contributed by atoms with van der Waals surface area (Å²) < 4.78 is 4.96. The van der Waals surface area contributed by atoms with Crippen LogP contribution in [0.2, 0.25) is 0 Å². The standard InChI is InChI=1S/C10H20N2O4/c1-4-8(5-9(13)14)12-10(15)11-6-7(2)16-3/h7-8H,4-6H2,1-3H3,(H,13,14)(H2,11,12,15). The SMILES string of the molecule is CCC(CC(=O)O)NC(=O)NCC(C)OC. The molecule has 0 fully saturated rings. The molecule has 0 spiro atoms. The summed E-state index contributed by atoms with van der Waals surface area (Å²) in [5, 5.41) is 13.8. The van der Waals surface area contributed by atoms with Gasteiger partial charge in [-0.3, -0.25) is 4.79 Å². The van der Waals surface area contributed by atoms with E-state index in [4.69, 9.17) is 9.84 Å². The van der Waals surface area contributed by atoms with Gasteiger partial charge in [0.05, 0.1) is 12.5 Å². The van der Waals surface area contributed by atoms with Gasteiger partial charge in [-0.2, -0.15) is 0 Å². The molecule has 2 unspecified atom stereocenters. The molecule has 0 rings (SSSR count). The van der Waals surface area contributed by atoms with Crippen LogP contribution in [0.4, 0.5) is 4.79 Å². The number of carboxylic acid groups (broad SMARTS) is 1. The number of carbonyl (C=O) groups excluding carboxylic acids is 1. The summed E-state index contributed by atoms with van der Waals surface area (Å²) in [7, 11) is 1.56. The maximum absolute atomic E-state index is 11.3. The van der Waals surface area contributed by atoms with E-state index < -0.39 is 5.97 Å². The summed E-state index contributed by atoms with van der Waals surface area (Å²) in [4.78, 5) is 21.8. The third-order valence-corrected chi connectivity index (χ3v) is 2.20. The van der Waals surface area contributed by atoms with E-state index in [1.807, 2.05) is 13.8 Å². The topological polar surface area (TPSA) is 87.7 Å². The van der Waals surface area contributed by atoms with Gasteiger partial charge in [-0.15, -0.1) is 0 Å². The van der Waals surface area contributed by atoms with Gasteiger partial charge >= 0.3 is 12.0 Å². The Morgan fingerprint density at radius 2 is 2.06 bits per heavy atom. The molecule has 0 bridgehead atoms. The van der Waals surface area contributed by atoms with Crippen LogP contribution in [-0.2, 0) is 9.53 Å². The van der Waals surface area contributed by atoms with E-state index in [1.165, 1.54) is 0 Å². The van der Waals surface area contributed by atoms with E-state index >= 15 is 0 Å². The van der Waals surface area contributed by atoms with Crippen LogP contribution in [0.1, 0.15) is 26.7 Å². The molecule has 94 valence electrons. The van der Waals surface area contributed by atoms with Crippen molar-refractivity contribution in [1.29, 1.82) is 0 Å². The van der Waals surface area contributed by atoms with Gasteiger partial charge in [0.2, 0.25) is 0 Å². The number of nitrogens with one attached hydrogen (secondary N) is 2. The summed E-state index contributed by atoms with van der Waals surface area (Å²) in [5.74, 6) is -0.919. The number of amides is 2. The van der Waals surface area contributed by atoms with Crippen molar-refractivity contribution >= 4 is 12.0 Å². The molecule has 0 aliphatic rings. The van der Waals surface area contributed by atoms with E-state index in [2.05, 4.69) is 10.6 Å². The Labute approximate surface area is 95.4 Å². The third kappa shape index (κ3) is 7.05. The summed E-state index contributed by atoms with van der Waals surface area (Å²) >= 11 is 0. The van der Waals surface area contributed by atoms with E-state index in [1.54, 1.807) is 7.11 Å². The van der Waals surface area contributed by atoms with E-state index in [-0.39, 0.29) is 24.6 Å². The molecule has 0 aromatic heterocycles. The molecule has 0 saturated carbocycles. The van der Waals surface area contributed by atoms with E-state index in [0.717, 1.165) is 0 Å². The zero-order chi connectivity index (χ0) is 12.6. The lowest BCUT2D eigenvalue weighted by Crippen LogP contribution is -2.44. The second-order valence-electron chi connectivity index (χ2n) is 3.60. The lowest BCUT2D eigenvalue weighted by molar-refractivity contribution is -0.137. The van der Waals surface area contributed by atoms with Crippen LogP contribution in [0.15, 0.2) is 0 Å². The monoisotopic (exact) mass is 232 g/mol. The molecule has 0 heterocycles. The first-order valence-electron chi connectivity index (χ1n) is 5.28. The van der Waals surface area contributed by atoms with Crippen molar-refractivity contribution in [1.82, 2.24) is 10.6 Å². The second kappa shape index (κ2) is 7.92. The number of hydrogen-bond donors (Lipinski definition) is 3. The van der Waals surface area contributed by atoms with Gasteiger partial charge in [-0.05, 0) is 13.3 Å². The maximum atomic E-state index is 11.3. The lowest BCUT2D eigenvalue weighted by atomic mass is 10.1. The van der Waals surface area contributed by atoms with Crippen molar-refractivity contribution < 1.29 is 19.4 Å². The maximum Gasteiger partial charge on any atom is 0.315 e. The first kappa shape index (κ1) is 14.7. The minimum Gasteiger partial charge on any atom is -0.481 e. The Balaban J connectivity index is 3.87. The van der Waals surface area contributed by atoms with Gasteiger partial charge in [0.15, 0.2) is 0 Å². The average molecular weight is 232 g/mol. The number of urea groups is 1. The normalized spacial score (nSPS) is 13.9. The molecular formula is C10H20N2O4. The van der Waals surface area contributed by atoms with Crippen LogP contribution < -0.4 is 10.6 Å². The highest BCUT2D eigenvalue weighted by molar-refractivity contribution is 5.75. The number of aliphatic carboxylic acids is 1. The fourth-order valence-corrected chi connectivity index (χ4v) is 1.06. The molecule has 2 amide bonds. The molecule has 0 aliphatic carbocycles. The van der Waals surface area contributed by atoms with Crippen LogP contribution in [-0.4, -0.2) is 42.9 Å². The highest BCUT2D eigenvalue weighted by Gasteiger charge is 2.13. The smallest absolute Gasteiger partial charge is 0.315 e. The number of hydrogen-bond acceptors (Lipinski definition) is 3. The highest BCUT2D eigenvalue weighted by atomic mass is 16.5. The number of methoxy groups -OCH3 is 1. The zero-order valence-corrected chi connectivity index (χ0v) is 9.95. The van der Waals surface area contributed by atoms with Crippen molar-refractivity contribution in [3.05, 3.63) is 0 Å². The van der Waals surface area contributed by atoms with Gasteiger partial charge in [0, 0.05) is 19.7 Å². The first-order chi connectivity index (χ1) is 7.49.